The fraction of sp³-hybridized carbons (Fsp3) is 0.412. The van der Waals surface area contributed by atoms with Crippen LogP contribution in [-0.2, 0) is 12.8 Å². The van der Waals surface area contributed by atoms with Crippen LogP contribution in [0.25, 0.3) is 5.70 Å². The number of nitrogens with zero attached hydrogens (tertiary/aromatic N) is 2. The van der Waals surface area contributed by atoms with Gasteiger partial charge in [0.05, 0.1) is 18.1 Å². The van der Waals surface area contributed by atoms with E-state index < -0.39 is 0 Å². The van der Waals surface area contributed by atoms with Crippen molar-refractivity contribution >= 4 is 30.1 Å². The Morgan fingerprint density at radius 3 is 3.00 bits per heavy atom. The summed E-state index contributed by atoms with van der Waals surface area (Å²) in [6, 6.07) is 6.70. The Balaban J connectivity index is 1.62. The largest absolute Gasteiger partial charge is 0.355 e. The first-order chi connectivity index (χ1) is 10.9. The molecule has 0 amide bonds. The highest BCUT2D eigenvalue weighted by molar-refractivity contribution is 8.02. The second-order valence-electron chi connectivity index (χ2n) is 5.50. The summed E-state index contributed by atoms with van der Waals surface area (Å²) in [6.45, 7) is 5.50. The van der Waals surface area contributed by atoms with Crippen LogP contribution in [0.15, 0.2) is 33.6 Å². The average molecular weight is 314 g/mol. The van der Waals surface area contributed by atoms with Gasteiger partial charge < -0.3 is 10.6 Å². The molecule has 0 radical (unpaired) electrons. The Bertz CT molecular complexity index is 607. The zero-order chi connectivity index (χ0) is 15.2. The van der Waals surface area contributed by atoms with Crippen LogP contribution < -0.4 is 10.6 Å². The number of guanidine groups is 1. The highest BCUT2D eigenvalue weighted by atomic mass is 32.2. The zero-order valence-electron chi connectivity index (χ0n) is 12.8. The number of hydrogen-bond acceptors (Lipinski definition) is 5. The molecule has 1 aliphatic heterocycles. The number of aryl methyl sites for hydroxylation is 2. The number of fused-ring (bicyclic) bond motifs is 1. The molecule has 0 bridgehead atoms. The highest BCUT2D eigenvalue weighted by Gasteiger charge is 2.10. The molecule has 0 atom stereocenters. The van der Waals surface area contributed by atoms with Gasteiger partial charge in [-0.05, 0) is 55.0 Å². The number of hydrogen-bond donors (Lipinski definition) is 2. The molecule has 1 aromatic carbocycles. The molecule has 0 fully saturated rings. The zero-order valence-corrected chi connectivity index (χ0v) is 13.6. The molecule has 5 heteroatoms. The number of rotatable bonds is 5. The first-order valence-electron chi connectivity index (χ1n) is 7.79. The molecule has 1 aliphatic carbocycles. The molecule has 0 spiro atoms. The lowest BCUT2D eigenvalue weighted by atomic mass is 9.90. The lowest BCUT2D eigenvalue weighted by Crippen LogP contribution is -2.33. The van der Waals surface area contributed by atoms with Gasteiger partial charge in [-0.1, -0.05) is 12.1 Å². The van der Waals surface area contributed by atoms with Gasteiger partial charge in [-0.2, -0.15) is 0 Å². The third kappa shape index (κ3) is 3.71. The molecule has 1 heterocycles. The second-order valence-corrected chi connectivity index (χ2v) is 6.35. The highest BCUT2D eigenvalue weighted by Crippen LogP contribution is 2.26. The molecule has 1 aromatic rings. The minimum atomic E-state index is 0.774. The van der Waals surface area contributed by atoms with Crippen LogP contribution in [0.4, 0.5) is 0 Å². The monoisotopic (exact) mass is 314 g/mol. The van der Waals surface area contributed by atoms with Gasteiger partial charge in [0, 0.05) is 12.1 Å². The van der Waals surface area contributed by atoms with Crippen LogP contribution in [0.3, 0.4) is 0 Å². The molecule has 0 unspecified atom stereocenters. The van der Waals surface area contributed by atoms with E-state index in [0.717, 1.165) is 30.6 Å². The third-order valence-corrected chi connectivity index (χ3v) is 4.71. The Labute approximate surface area is 136 Å². The number of thioether (sulfide) groups is 1. The topological polar surface area (TPSA) is 48.8 Å². The van der Waals surface area contributed by atoms with E-state index in [9.17, 15) is 0 Å². The summed E-state index contributed by atoms with van der Waals surface area (Å²) in [6.07, 6.45) is 5.01. The SMILES string of the molecule is C=N/C(=C\SCNC1=NCCN1)c1ccc2c(c1)CCCC2. The van der Waals surface area contributed by atoms with Gasteiger partial charge in [-0.3, -0.25) is 9.98 Å². The van der Waals surface area contributed by atoms with E-state index in [1.165, 1.54) is 42.4 Å². The molecule has 3 rings (SSSR count). The normalized spacial score (nSPS) is 17.5. The van der Waals surface area contributed by atoms with E-state index >= 15 is 0 Å². The Morgan fingerprint density at radius 2 is 2.23 bits per heavy atom. The van der Waals surface area contributed by atoms with Gasteiger partial charge in [0.2, 0.25) is 0 Å². The maximum atomic E-state index is 4.30. The van der Waals surface area contributed by atoms with Gasteiger partial charge in [0.25, 0.3) is 0 Å². The van der Waals surface area contributed by atoms with Crippen molar-refractivity contribution in [3.8, 4) is 0 Å². The van der Waals surface area contributed by atoms with Crippen molar-refractivity contribution < 1.29 is 0 Å². The summed E-state index contributed by atoms with van der Waals surface area (Å²) in [5.74, 6) is 1.67. The van der Waals surface area contributed by atoms with E-state index in [1.54, 1.807) is 11.8 Å². The smallest absolute Gasteiger partial charge is 0.192 e. The summed E-state index contributed by atoms with van der Waals surface area (Å²) in [5, 5.41) is 8.52. The van der Waals surface area contributed by atoms with Crippen LogP contribution in [0.5, 0.6) is 0 Å². The summed E-state index contributed by atoms with van der Waals surface area (Å²) in [5.41, 5.74) is 5.09. The lowest BCUT2D eigenvalue weighted by molar-refractivity contribution is 0.685. The van der Waals surface area contributed by atoms with Gasteiger partial charge in [0.15, 0.2) is 5.96 Å². The van der Waals surface area contributed by atoms with E-state index in [2.05, 4.69) is 50.9 Å². The molecule has 22 heavy (non-hydrogen) atoms. The van der Waals surface area contributed by atoms with Crippen molar-refractivity contribution in [3.05, 3.63) is 40.3 Å². The molecule has 0 saturated heterocycles. The molecule has 0 saturated carbocycles. The number of benzene rings is 1. The first kappa shape index (κ1) is 15.2. The second kappa shape index (κ2) is 7.49. The fourth-order valence-corrected chi connectivity index (χ4v) is 3.51. The Hall–Kier alpha value is -1.75. The molecule has 4 nitrogen and oxygen atoms in total. The van der Waals surface area contributed by atoms with Gasteiger partial charge in [0.1, 0.15) is 0 Å². The van der Waals surface area contributed by atoms with Crippen LogP contribution in [-0.4, -0.2) is 31.6 Å². The van der Waals surface area contributed by atoms with Crippen LogP contribution in [0.2, 0.25) is 0 Å². The quantitative estimate of drug-likeness (QED) is 0.499. The van der Waals surface area contributed by atoms with Gasteiger partial charge >= 0.3 is 0 Å². The Kier molecular flexibility index (Phi) is 5.16. The molecule has 2 N–H and O–H groups in total. The van der Waals surface area contributed by atoms with Crippen LogP contribution >= 0.6 is 11.8 Å². The average Bonchev–Trinajstić information content (AvgIpc) is 3.08. The molecule has 116 valence electrons. The number of aliphatic imine (C=N–C) groups is 2. The lowest BCUT2D eigenvalue weighted by Gasteiger charge is -2.16. The minimum absolute atomic E-state index is 0.774. The van der Waals surface area contributed by atoms with Crippen molar-refractivity contribution in [2.24, 2.45) is 9.98 Å². The van der Waals surface area contributed by atoms with Crippen molar-refractivity contribution in [1.82, 2.24) is 10.6 Å². The van der Waals surface area contributed by atoms with E-state index in [-0.39, 0.29) is 0 Å². The van der Waals surface area contributed by atoms with Crippen molar-refractivity contribution in [1.29, 1.82) is 0 Å². The molecular weight excluding hydrogens is 292 g/mol. The summed E-state index contributed by atoms with van der Waals surface area (Å²) in [7, 11) is 0. The fourth-order valence-electron chi connectivity index (χ4n) is 2.84. The van der Waals surface area contributed by atoms with Gasteiger partial charge in [-0.15, -0.1) is 11.8 Å². The van der Waals surface area contributed by atoms with Crippen LogP contribution in [0, 0.1) is 0 Å². The molecular formula is C17H22N4S. The first-order valence-corrected chi connectivity index (χ1v) is 8.84. The minimum Gasteiger partial charge on any atom is -0.355 e. The standard InChI is InChI=1S/C17H22N4S/c1-18-16(11-22-12-21-17-19-8-9-20-17)15-7-6-13-4-2-3-5-14(13)10-15/h6-7,10-11H,1-5,8-9,12H2,(H2,19,20,21)/b16-11-. The Morgan fingerprint density at radius 1 is 1.36 bits per heavy atom. The summed E-state index contributed by atoms with van der Waals surface area (Å²) < 4.78 is 0. The predicted octanol–water partition coefficient (Wildman–Crippen LogP) is 2.80. The molecule has 2 aliphatic rings. The van der Waals surface area contributed by atoms with E-state index in [1.807, 2.05) is 0 Å². The van der Waals surface area contributed by atoms with Crippen LogP contribution in [0.1, 0.15) is 29.5 Å². The number of nitrogens with one attached hydrogen (secondary N) is 2. The maximum absolute atomic E-state index is 4.30. The van der Waals surface area contributed by atoms with E-state index in [0.29, 0.717) is 0 Å². The third-order valence-electron chi connectivity index (χ3n) is 4.01. The molecule has 0 aromatic heterocycles. The van der Waals surface area contributed by atoms with Gasteiger partial charge in [-0.25, -0.2) is 0 Å². The van der Waals surface area contributed by atoms with Crippen molar-refractivity contribution in [2.75, 3.05) is 19.0 Å². The van der Waals surface area contributed by atoms with E-state index in [4.69, 9.17) is 0 Å². The van der Waals surface area contributed by atoms with Crippen molar-refractivity contribution in [3.63, 3.8) is 0 Å². The van der Waals surface area contributed by atoms with Crippen molar-refractivity contribution in [2.45, 2.75) is 25.7 Å². The predicted molar refractivity (Wildman–Crippen MR) is 96.5 cm³/mol. The summed E-state index contributed by atoms with van der Waals surface area (Å²) >= 11 is 1.68. The maximum Gasteiger partial charge on any atom is 0.192 e. The summed E-state index contributed by atoms with van der Waals surface area (Å²) in [4.78, 5) is 8.50.